The Morgan fingerprint density at radius 2 is 1.44 bits per heavy atom. The van der Waals surface area contributed by atoms with Crippen LogP contribution in [0.4, 0.5) is 0 Å². The Kier molecular flexibility index (Phi) is 68.0. The van der Waals surface area contributed by atoms with Crippen molar-refractivity contribution in [2.75, 3.05) is 0 Å². The van der Waals surface area contributed by atoms with Crippen molar-refractivity contribution < 1.29 is 26.2 Å². The summed E-state index contributed by atoms with van der Waals surface area (Å²) in [5.41, 5.74) is 0. The summed E-state index contributed by atoms with van der Waals surface area (Å²) >= 11 is 0. The number of allylic oxidation sites excluding steroid dienone is 4. The first-order valence-electron chi connectivity index (χ1n) is 5.13. The van der Waals surface area contributed by atoms with Crippen molar-refractivity contribution in [3.05, 3.63) is 38.2 Å². The van der Waals surface area contributed by atoms with Crippen molar-refractivity contribution in [3.63, 3.8) is 0 Å². The van der Waals surface area contributed by atoms with Crippen LogP contribution in [-0.2, 0) is 26.2 Å². The second-order valence-corrected chi connectivity index (χ2v) is 2.71. The Morgan fingerprint density at radius 1 is 1.06 bits per heavy atom. The first kappa shape index (κ1) is 30.2. The molecule has 0 N–H and O–H groups in total. The van der Waals surface area contributed by atoms with Gasteiger partial charge in [0.25, 0.3) is 0 Å². The zero-order valence-electron chi connectivity index (χ0n) is 10.5. The van der Waals surface area contributed by atoms with Gasteiger partial charge in [-0.15, -0.1) is 31.2 Å². The van der Waals surface area contributed by atoms with Crippen molar-refractivity contribution in [3.8, 4) is 0 Å². The third-order valence-electron chi connectivity index (χ3n) is 1.29. The molecule has 1 radical (unpaired) electrons. The van der Waals surface area contributed by atoms with E-state index in [1.54, 1.807) is 0 Å². The van der Waals surface area contributed by atoms with Crippen LogP contribution in [0.15, 0.2) is 18.2 Å². The summed E-state index contributed by atoms with van der Waals surface area (Å²) in [6.45, 7) is 11.4. The van der Waals surface area contributed by atoms with Gasteiger partial charge in [-0.1, -0.05) is 26.7 Å². The van der Waals surface area contributed by atoms with E-state index in [9.17, 15) is 0 Å². The van der Waals surface area contributed by atoms with Crippen LogP contribution in [-0.4, -0.2) is 0 Å². The van der Waals surface area contributed by atoms with Gasteiger partial charge in [-0.2, -0.15) is 18.9 Å². The van der Waals surface area contributed by atoms with E-state index < -0.39 is 0 Å². The molecule has 0 saturated heterocycles. The maximum absolute atomic E-state index is 3.60. The predicted molar refractivity (Wildman–Crippen MR) is 76.6 cm³/mol. The number of halogens is 2. The molecule has 1 aliphatic rings. The molecule has 0 fully saturated rings. The first-order chi connectivity index (χ1) is 6.33. The van der Waals surface area contributed by atoms with Crippen molar-refractivity contribution in [1.29, 1.82) is 0 Å². The van der Waals surface area contributed by atoms with Gasteiger partial charge >= 0.3 is 26.2 Å². The third-order valence-corrected chi connectivity index (χ3v) is 1.29. The Bertz CT molecular complexity index is 105. The molecule has 95 valence electrons. The van der Waals surface area contributed by atoms with E-state index in [2.05, 4.69) is 39.8 Å². The average Bonchev–Trinajstić information content (AvgIpc) is 2.76. The van der Waals surface area contributed by atoms with E-state index in [1.165, 1.54) is 12.8 Å². The molecule has 0 atom stereocenters. The van der Waals surface area contributed by atoms with Gasteiger partial charge in [0.15, 0.2) is 0 Å². The van der Waals surface area contributed by atoms with Crippen molar-refractivity contribution >= 4 is 24.8 Å². The van der Waals surface area contributed by atoms with Gasteiger partial charge in [0, 0.05) is 0 Å². The molecule has 1 aliphatic carbocycles. The standard InChI is InChI=1S/C5H5.2C4H9.2ClH.Zr/c1-2-4-5-3-1;2*1-3-4-2;;;/h1-3H,4H2;2*1,3-4H2,2H3;2*1H;/q3*-1;;;+3. The van der Waals surface area contributed by atoms with Gasteiger partial charge in [0.1, 0.15) is 0 Å². The van der Waals surface area contributed by atoms with Crippen LogP contribution >= 0.6 is 24.8 Å². The second kappa shape index (κ2) is 36.0. The van der Waals surface area contributed by atoms with Gasteiger partial charge in [0.05, 0.1) is 0 Å². The van der Waals surface area contributed by atoms with E-state index >= 15 is 0 Å². The minimum Gasteiger partial charge on any atom is -0.343 e. The summed E-state index contributed by atoms with van der Waals surface area (Å²) in [7, 11) is 0. The Hall–Kier alpha value is 0.943. The van der Waals surface area contributed by atoms with Gasteiger partial charge in [-0.05, 0) is 0 Å². The van der Waals surface area contributed by atoms with E-state index in [-0.39, 0.29) is 51.0 Å². The maximum atomic E-state index is 3.60. The van der Waals surface area contributed by atoms with E-state index in [4.69, 9.17) is 0 Å². The molecule has 0 aromatic heterocycles. The van der Waals surface area contributed by atoms with Crippen molar-refractivity contribution in [1.82, 2.24) is 0 Å². The summed E-state index contributed by atoms with van der Waals surface area (Å²) in [4.78, 5) is 0. The molecule has 0 aromatic carbocycles. The molecule has 3 heteroatoms. The summed E-state index contributed by atoms with van der Waals surface area (Å²) in [5.74, 6) is 0. The fraction of sp³-hybridized carbons (Fsp3) is 0.538. The molecule has 0 aliphatic heterocycles. The second-order valence-electron chi connectivity index (χ2n) is 2.71. The van der Waals surface area contributed by atoms with Crippen LogP contribution in [0.5, 0.6) is 0 Å². The molecular weight excluding hydrogens is 318 g/mol. The molecular formula is C13H25Cl2Zr. The Morgan fingerprint density at radius 3 is 1.50 bits per heavy atom. The molecule has 0 unspecified atom stereocenters. The molecule has 0 nitrogen and oxygen atoms in total. The molecule has 0 amide bonds. The fourth-order valence-corrected chi connectivity index (χ4v) is 0.340. The Labute approximate surface area is 134 Å². The van der Waals surface area contributed by atoms with E-state index in [1.807, 2.05) is 12.2 Å². The minimum absolute atomic E-state index is 0. The Balaban J connectivity index is -0.0000000350. The smallest absolute Gasteiger partial charge is 0.343 e. The summed E-state index contributed by atoms with van der Waals surface area (Å²) in [5, 5.41) is 0. The summed E-state index contributed by atoms with van der Waals surface area (Å²) < 4.78 is 0. The van der Waals surface area contributed by atoms with Gasteiger partial charge in [-0.3, -0.25) is 6.08 Å². The summed E-state index contributed by atoms with van der Waals surface area (Å²) in [6, 6.07) is 0. The van der Waals surface area contributed by atoms with Crippen LogP contribution in [0.3, 0.4) is 0 Å². The van der Waals surface area contributed by atoms with Crippen LogP contribution in [0.1, 0.15) is 46.0 Å². The fourth-order valence-electron chi connectivity index (χ4n) is 0.340. The third kappa shape index (κ3) is 46.0. The molecule has 0 heterocycles. The summed E-state index contributed by atoms with van der Waals surface area (Å²) in [6.07, 6.45) is 14.6. The van der Waals surface area contributed by atoms with Crippen molar-refractivity contribution in [2.45, 2.75) is 46.0 Å². The molecule has 0 aromatic rings. The van der Waals surface area contributed by atoms with Gasteiger partial charge < -0.3 is 13.8 Å². The number of hydrogen-bond acceptors (Lipinski definition) is 0. The SMILES string of the molecule is Cl.Cl.[C-]1=CC=CC1.[CH2-]CCC.[CH2-]CCC.[Zr+3]. The largest absolute Gasteiger partial charge is 3.00 e. The molecule has 16 heavy (non-hydrogen) atoms. The van der Waals surface area contributed by atoms with Crippen LogP contribution in [0.25, 0.3) is 0 Å². The van der Waals surface area contributed by atoms with Crippen LogP contribution in [0, 0.1) is 19.9 Å². The topological polar surface area (TPSA) is 0 Å². The number of unbranched alkanes of at least 4 members (excludes halogenated alkanes) is 2. The van der Waals surface area contributed by atoms with Crippen LogP contribution < -0.4 is 0 Å². The quantitative estimate of drug-likeness (QED) is 0.590. The van der Waals surface area contributed by atoms with E-state index in [0.29, 0.717) is 0 Å². The maximum Gasteiger partial charge on any atom is 3.00 e. The number of rotatable bonds is 2. The normalized spacial score (nSPS) is 9.25. The van der Waals surface area contributed by atoms with Gasteiger partial charge in [0.2, 0.25) is 0 Å². The zero-order valence-corrected chi connectivity index (χ0v) is 14.6. The minimum atomic E-state index is 0. The molecule has 1 rings (SSSR count). The van der Waals surface area contributed by atoms with Gasteiger partial charge in [-0.25, -0.2) is 12.2 Å². The molecule has 0 saturated carbocycles. The zero-order chi connectivity index (χ0) is 10.4. The molecule has 0 spiro atoms. The van der Waals surface area contributed by atoms with E-state index in [0.717, 1.165) is 19.3 Å². The number of hydrogen-bond donors (Lipinski definition) is 0. The van der Waals surface area contributed by atoms with Crippen LogP contribution in [0.2, 0.25) is 0 Å². The van der Waals surface area contributed by atoms with Crippen molar-refractivity contribution in [2.24, 2.45) is 0 Å². The predicted octanol–water partition coefficient (Wildman–Crippen LogP) is 5.39. The molecule has 0 bridgehead atoms. The first-order valence-corrected chi connectivity index (χ1v) is 5.13. The monoisotopic (exact) mass is 341 g/mol. The average molecular weight is 343 g/mol.